The lowest BCUT2D eigenvalue weighted by Crippen LogP contribution is -1.99. The van der Waals surface area contributed by atoms with Gasteiger partial charge in [-0.1, -0.05) is 6.07 Å². The van der Waals surface area contributed by atoms with E-state index in [1.54, 1.807) is 11.3 Å². The van der Waals surface area contributed by atoms with Crippen LogP contribution in [0.2, 0.25) is 0 Å². The molecule has 3 heteroatoms. The molecule has 1 heterocycles. The highest BCUT2D eigenvalue weighted by Gasteiger charge is 2.00. The van der Waals surface area contributed by atoms with Gasteiger partial charge in [-0.15, -0.1) is 11.3 Å². The van der Waals surface area contributed by atoms with Crippen LogP contribution < -0.4 is 5.32 Å². The third-order valence-corrected chi connectivity index (χ3v) is 3.27. The Hall–Kier alpha value is -1.79. The maximum atomic E-state index is 8.76. The number of hydrogen-bond donors (Lipinski definition) is 1. The van der Waals surface area contributed by atoms with Crippen molar-refractivity contribution in [3.63, 3.8) is 0 Å². The van der Waals surface area contributed by atoms with Crippen LogP contribution in [0.3, 0.4) is 0 Å². The zero-order valence-electron chi connectivity index (χ0n) is 9.03. The van der Waals surface area contributed by atoms with E-state index in [9.17, 15) is 0 Å². The summed E-state index contributed by atoms with van der Waals surface area (Å²) in [7, 11) is 0. The van der Waals surface area contributed by atoms with Gasteiger partial charge in [-0.2, -0.15) is 5.26 Å². The molecule has 1 aromatic heterocycles. The summed E-state index contributed by atoms with van der Waals surface area (Å²) in [6.45, 7) is 2.85. The van der Waals surface area contributed by atoms with Crippen LogP contribution in [-0.4, -0.2) is 0 Å². The van der Waals surface area contributed by atoms with E-state index in [2.05, 4.69) is 22.8 Å². The van der Waals surface area contributed by atoms with Gasteiger partial charge < -0.3 is 5.32 Å². The molecule has 2 nitrogen and oxygen atoms in total. The third-order valence-electron chi connectivity index (χ3n) is 2.39. The summed E-state index contributed by atoms with van der Waals surface area (Å²) in [5.41, 5.74) is 2.90. The van der Waals surface area contributed by atoms with Crippen LogP contribution in [0.15, 0.2) is 35.7 Å². The smallest absolute Gasteiger partial charge is 0.0991 e. The third kappa shape index (κ3) is 2.41. The Balaban J connectivity index is 2.08. The molecule has 0 radical (unpaired) electrons. The second-order valence-electron chi connectivity index (χ2n) is 3.57. The van der Waals surface area contributed by atoms with Gasteiger partial charge in [0, 0.05) is 17.1 Å². The molecule has 16 heavy (non-hydrogen) atoms. The summed E-state index contributed by atoms with van der Waals surface area (Å²) in [4.78, 5) is 1.31. The van der Waals surface area contributed by atoms with Crippen molar-refractivity contribution in [3.8, 4) is 6.07 Å². The van der Waals surface area contributed by atoms with E-state index in [-0.39, 0.29) is 0 Å². The molecule has 80 valence electrons. The number of nitrogens with zero attached hydrogens (tertiary/aromatic N) is 1. The van der Waals surface area contributed by atoms with Crippen molar-refractivity contribution >= 4 is 17.0 Å². The van der Waals surface area contributed by atoms with Crippen LogP contribution in [0, 0.1) is 18.3 Å². The first-order valence-corrected chi connectivity index (χ1v) is 5.94. The molecule has 0 fully saturated rings. The zero-order chi connectivity index (χ0) is 11.4. The lowest BCUT2D eigenvalue weighted by atomic mass is 10.1. The quantitative estimate of drug-likeness (QED) is 0.872. The Morgan fingerprint density at radius 2 is 2.25 bits per heavy atom. The predicted octanol–water partition coefficient (Wildman–Crippen LogP) is 3.54. The average molecular weight is 228 g/mol. The topological polar surface area (TPSA) is 35.8 Å². The summed E-state index contributed by atoms with van der Waals surface area (Å²) in [6.07, 6.45) is 0. The number of anilines is 1. The van der Waals surface area contributed by atoms with E-state index in [0.717, 1.165) is 17.8 Å². The van der Waals surface area contributed by atoms with Gasteiger partial charge in [0.05, 0.1) is 11.6 Å². The van der Waals surface area contributed by atoms with Crippen LogP contribution in [0.4, 0.5) is 5.69 Å². The number of thiophene rings is 1. The van der Waals surface area contributed by atoms with Gasteiger partial charge in [0.2, 0.25) is 0 Å². The van der Waals surface area contributed by atoms with Gasteiger partial charge in [0.25, 0.3) is 0 Å². The SMILES string of the molecule is Cc1cc(C#N)ccc1NCc1cccs1. The van der Waals surface area contributed by atoms with Crippen molar-refractivity contribution in [3.05, 3.63) is 51.7 Å². The van der Waals surface area contributed by atoms with Gasteiger partial charge in [-0.25, -0.2) is 0 Å². The van der Waals surface area contributed by atoms with Crippen molar-refractivity contribution < 1.29 is 0 Å². The fraction of sp³-hybridized carbons (Fsp3) is 0.154. The normalized spacial score (nSPS) is 9.75. The van der Waals surface area contributed by atoms with Gasteiger partial charge in [0.1, 0.15) is 0 Å². The number of nitriles is 1. The zero-order valence-corrected chi connectivity index (χ0v) is 9.84. The van der Waals surface area contributed by atoms with E-state index >= 15 is 0 Å². The van der Waals surface area contributed by atoms with Gasteiger partial charge >= 0.3 is 0 Å². The van der Waals surface area contributed by atoms with Gasteiger partial charge in [-0.3, -0.25) is 0 Å². The molecule has 1 aromatic carbocycles. The van der Waals surface area contributed by atoms with Crippen LogP contribution in [0.25, 0.3) is 0 Å². The maximum Gasteiger partial charge on any atom is 0.0991 e. The van der Waals surface area contributed by atoms with E-state index in [4.69, 9.17) is 5.26 Å². The van der Waals surface area contributed by atoms with E-state index in [1.807, 2.05) is 31.2 Å². The molecule has 0 saturated heterocycles. The van der Waals surface area contributed by atoms with E-state index < -0.39 is 0 Å². The molecular formula is C13H12N2S. The van der Waals surface area contributed by atoms with Gasteiger partial charge in [0.15, 0.2) is 0 Å². The first-order chi connectivity index (χ1) is 7.79. The number of hydrogen-bond acceptors (Lipinski definition) is 3. The monoisotopic (exact) mass is 228 g/mol. The molecule has 0 aliphatic heterocycles. The average Bonchev–Trinajstić information content (AvgIpc) is 2.80. The largest absolute Gasteiger partial charge is 0.380 e. The highest BCUT2D eigenvalue weighted by molar-refractivity contribution is 7.09. The molecule has 2 rings (SSSR count). The van der Waals surface area contributed by atoms with Crippen molar-refractivity contribution in [1.82, 2.24) is 0 Å². The molecule has 0 bridgehead atoms. The molecule has 0 aliphatic rings. The summed E-state index contributed by atoms with van der Waals surface area (Å²) in [6, 6.07) is 12.0. The molecule has 0 aliphatic carbocycles. The molecule has 0 atom stereocenters. The van der Waals surface area contributed by atoms with E-state index in [0.29, 0.717) is 5.56 Å². The first kappa shape index (κ1) is 10.7. The standard InChI is InChI=1S/C13H12N2S/c1-10-7-11(8-14)4-5-13(10)15-9-12-3-2-6-16-12/h2-7,15H,9H2,1H3. The van der Waals surface area contributed by atoms with Crippen molar-refractivity contribution in [2.45, 2.75) is 13.5 Å². The summed E-state index contributed by atoms with van der Waals surface area (Å²) in [5, 5.41) is 14.2. The lowest BCUT2D eigenvalue weighted by Gasteiger charge is -2.08. The Bertz CT molecular complexity index is 509. The fourth-order valence-electron chi connectivity index (χ4n) is 1.53. The maximum absolute atomic E-state index is 8.76. The lowest BCUT2D eigenvalue weighted by molar-refractivity contribution is 1.18. The van der Waals surface area contributed by atoms with Gasteiger partial charge in [-0.05, 0) is 42.1 Å². The minimum absolute atomic E-state index is 0.708. The van der Waals surface area contributed by atoms with Crippen LogP contribution in [-0.2, 0) is 6.54 Å². The Labute approximate surface area is 99.2 Å². The first-order valence-electron chi connectivity index (χ1n) is 5.06. The van der Waals surface area contributed by atoms with Crippen molar-refractivity contribution in [2.24, 2.45) is 0 Å². The van der Waals surface area contributed by atoms with Crippen LogP contribution in [0.5, 0.6) is 0 Å². The summed E-state index contributed by atoms with van der Waals surface area (Å²) < 4.78 is 0. The summed E-state index contributed by atoms with van der Waals surface area (Å²) >= 11 is 1.74. The second kappa shape index (κ2) is 4.82. The summed E-state index contributed by atoms with van der Waals surface area (Å²) in [5.74, 6) is 0. The molecule has 0 amide bonds. The molecule has 0 unspecified atom stereocenters. The molecule has 0 saturated carbocycles. The van der Waals surface area contributed by atoms with Crippen molar-refractivity contribution in [2.75, 3.05) is 5.32 Å². The number of nitrogens with one attached hydrogen (secondary N) is 1. The molecule has 1 N–H and O–H groups in total. The number of rotatable bonds is 3. The molecule has 2 aromatic rings. The van der Waals surface area contributed by atoms with Crippen LogP contribution >= 0.6 is 11.3 Å². The highest BCUT2D eigenvalue weighted by Crippen LogP contribution is 2.18. The predicted molar refractivity (Wildman–Crippen MR) is 67.5 cm³/mol. The second-order valence-corrected chi connectivity index (χ2v) is 4.61. The minimum atomic E-state index is 0.708. The van der Waals surface area contributed by atoms with E-state index in [1.165, 1.54) is 4.88 Å². The Morgan fingerprint density at radius 1 is 1.38 bits per heavy atom. The Kier molecular flexibility index (Phi) is 3.23. The molecular weight excluding hydrogens is 216 g/mol. The van der Waals surface area contributed by atoms with Crippen LogP contribution in [0.1, 0.15) is 16.0 Å². The van der Waals surface area contributed by atoms with Crippen molar-refractivity contribution in [1.29, 1.82) is 5.26 Å². The fourth-order valence-corrected chi connectivity index (χ4v) is 2.17. The molecule has 0 spiro atoms. The highest BCUT2D eigenvalue weighted by atomic mass is 32.1. The number of aryl methyl sites for hydroxylation is 1. The minimum Gasteiger partial charge on any atom is -0.380 e. The Morgan fingerprint density at radius 3 is 2.88 bits per heavy atom. The number of benzene rings is 1.